The van der Waals surface area contributed by atoms with E-state index in [2.05, 4.69) is 15.3 Å². The molecule has 1 saturated heterocycles. The van der Waals surface area contributed by atoms with Gasteiger partial charge in [0.25, 0.3) is 5.88 Å². The van der Waals surface area contributed by atoms with Crippen LogP contribution in [-0.4, -0.2) is 62.2 Å². The van der Waals surface area contributed by atoms with E-state index in [4.69, 9.17) is 14.5 Å². The summed E-state index contributed by atoms with van der Waals surface area (Å²) in [5.74, 6) is 0.953. The zero-order valence-electron chi connectivity index (χ0n) is 18.3. The number of nitrogens with zero attached hydrogens (tertiary/aromatic N) is 5. The van der Waals surface area contributed by atoms with Crippen molar-refractivity contribution in [2.75, 3.05) is 25.5 Å². The van der Waals surface area contributed by atoms with Crippen LogP contribution in [-0.2, 0) is 4.74 Å². The van der Waals surface area contributed by atoms with Gasteiger partial charge >= 0.3 is 6.09 Å². The molecule has 1 atom stereocenters. The number of pyridine rings is 1. The van der Waals surface area contributed by atoms with E-state index in [0.717, 1.165) is 24.2 Å². The minimum absolute atomic E-state index is 0.0157. The number of carbonyl (C=O) groups is 1. The average molecular weight is 425 g/mol. The van der Waals surface area contributed by atoms with Crippen LogP contribution in [0.25, 0.3) is 17.0 Å². The van der Waals surface area contributed by atoms with Gasteiger partial charge in [0.15, 0.2) is 5.82 Å². The molecule has 1 aliphatic heterocycles. The van der Waals surface area contributed by atoms with Gasteiger partial charge in [0.05, 0.1) is 25.2 Å². The van der Waals surface area contributed by atoms with Crippen molar-refractivity contribution < 1.29 is 14.3 Å². The molecule has 9 nitrogen and oxygen atoms in total. The molecule has 1 fully saturated rings. The Kier molecular flexibility index (Phi) is 5.67. The lowest BCUT2D eigenvalue weighted by Gasteiger charge is -2.34. The predicted molar refractivity (Wildman–Crippen MR) is 117 cm³/mol. The van der Waals surface area contributed by atoms with E-state index in [1.165, 1.54) is 0 Å². The molecule has 3 aromatic heterocycles. The van der Waals surface area contributed by atoms with Gasteiger partial charge in [-0.1, -0.05) is 6.07 Å². The van der Waals surface area contributed by atoms with Crippen molar-refractivity contribution in [3.8, 4) is 17.3 Å². The number of imidazole rings is 1. The van der Waals surface area contributed by atoms with Crippen LogP contribution in [0, 0.1) is 0 Å². The number of aromatic nitrogens is 4. The molecule has 0 saturated carbocycles. The van der Waals surface area contributed by atoms with Crippen LogP contribution in [0.2, 0.25) is 0 Å². The summed E-state index contributed by atoms with van der Waals surface area (Å²) in [7, 11) is 1.57. The molecule has 0 bridgehead atoms. The number of methoxy groups -OCH3 is 1. The second-order valence-corrected chi connectivity index (χ2v) is 8.60. The number of ether oxygens (including phenoxy) is 2. The molecule has 4 rings (SSSR count). The van der Waals surface area contributed by atoms with Gasteiger partial charge in [-0.25, -0.2) is 19.7 Å². The normalized spacial score (nSPS) is 16.9. The van der Waals surface area contributed by atoms with E-state index >= 15 is 0 Å². The van der Waals surface area contributed by atoms with E-state index in [1.54, 1.807) is 24.4 Å². The van der Waals surface area contributed by atoms with E-state index in [-0.39, 0.29) is 12.1 Å². The van der Waals surface area contributed by atoms with Gasteiger partial charge in [-0.05, 0) is 45.7 Å². The number of piperidine rings is 1. The van der Waals surface area contributed by atoms with Crippen molar-refractivity contribution in [1.82, 2.24) is 24.3 Å². The minimum atomic E-state index is -0.519. The number of anilines is 1. The molecule has 0 aromatic carbocycles. The Labute approximate surface area is 181 Å². The van der Waals surface area contributed by atoms with E-state index in [0.29, 0.717) is 30.5 Å². The number of hydrogen-bond donors (Lipinski definition) is 1. The van der Waals surface area contributed by atoms with E-state index < -0.39 is 5.60 Å². The Balaban J connectivity index is 1.55. The summed E-state index contributed by atoms with van der Waals surface area (Å²) >= 11 is 0. The van der Waals surface area contributed by atoms with Crippen LogP contribution < -0.4 is 10.1 Å². The summed E-state index contributed by atoms with van der Waals surface area (Å²) in [6.07, 6.45) is 6.88. The van der Waals surface area contributed by atoms with Crippen LogP contribution in [0.5, 0.6) is 5.88 Å². The van der Waals surface area contributed by atoms with Crippen molar-refractivity contribution in [3.63, 3.8) is 0 Å². The number of hydrogen-bond acceptors (Lipinski definition) is 7. The monoisotopic (exact) mass is 424 g/mol. The smallest absolute Gasteiger partial charge is 0.410 e. The van der Waals surface area contributed by atoms with Gasteiger partial charge < -0.3 is 19.7 Å². The molecule has 9 heteroatoms. The number of rotatable bonds is 4. The second-order valence-electron chi connectivity index (χ2n) is 8.60. The van der Waals surface area contributed by atoms with E-state index in [9.17, 15) is 4.79 Å². The van der Waals surface area contributed by atoms with Crippen LogP contribution in [0.3, 0.4) is 0 Å². The van der Waals surface area contributed by atoms with Crippen LogP contribution in [0.15, 0.2) is 36.8 Å². The highest BCUT2D eigenvalue weighted by Gasteiger charge is 2.28. The summed E-state index contributed by atoms with van der Waals surface area (Å²) < 4.78 is 12.9. The molecule has 0 radical (unpaired) electrons. The highest BCUT2D eigenvalue weighted by Crippen LogP contribution is 2.27. The van der Waals surface area contributed by atoms with Crippen LogP contribution >= 0.6 is 0 Å². The molecule has 1 aliphatic rings. The Bertz CT molecular complexity index is 1070. The quantitative estimate of drug-likeness (QED) is 0.684. The molecule has 1 N–H and O–H groups in total. The number of nitrogens with one attached hydrogen (secondary N) is 1. The standard InChI is InChI=1S/C22H28N6O3/c1-22(2,3)31-21(29)27-10-7-8-15(14-27)25-19-20(30-4)24-12-16(26-19)17-13-23-18-9-5-6-11-28(17)18/h5-6,9,11-13,15H,7-8,10,14H2,1-4H3,(H,25,26)/t15-/m1/s1. The lowest BCUT2D eigenvalue weighted by Crippen LogP contribution is -2.47. The van der Waals surface area contributed by atoms with Crippen molar-refractivity contribution in [2.24, 2.45) is 0 Å². The third kappa shape index (κ3) is 4.70. The Morgan fingerprint density at radius 1 is 1.23 bits per heavy atom. The number of amides is 1. The Hall–Kier alpha value is -3.36. The maximum absolute atomic E-state index is 12.5. The molecule has 0 aliphatic carbocycles. The van der Waals surface area contributed by atoms with Crippen molar-refractivity contribution in [1.29, 1.82) is 0 Å². The molecule has 0 unspecified atom stereocenters. The van der Waals surface area contributed by atoms with Gasteiger partial charge in [0, 0.05) is 25.3 Å². The van der Waals surface area contributed by atoms with Crippen molar-refractivity contribution in [2.45, 2.75) is 45.3 Å². The van der Waals surface area contributed by atoms with Gasteiger partial charge in [-0.2, -0.15) is 0 Å². The number of carbonyl (C=O) groups excluding carboxylic acids is 1. The third-order valence-electron chi connectivity index (χ3n) is 5.03. The van der Waals surface area contributed by atoms with Gasteiger partial charge in [-0.3, -0.25) is 4.40 Å². The number of likely N-dealkylation sites (tertiary alicyclic amines) is 1. The molecular formula is C22H28N6O3. The fourth-order valence-electron chi connectivity index (χ4n) is 3.65. The first-order valence-corrected chi connectivity index (χ1v) is 10.4. The molecule has 31 heavy (non-hydrogen) atoms. The van der Waals surface area contributed by atoms with Crippen LogP contribution in [0.4, 0.5) is 10.6 Å². The van der Waals surface area contributed by atoms with E-state index in [1.807, 2.05) is 49.6 Å². The summed E-state index contributed by atoms with van der Waals surface area (Å²) in [4.78, 5) is 27.8. The fraction of sp³-hybridized carbons (Fsp3) is 0.455. The topological polar surface area (TPSA) is 93.9 Å². The maximum atomic E-state index is 12.5. The van der Waals surface area contributed by atoms with Gasteiger partial charge in [-0.15, -0.1) is 0 Å². The zero-order chi connectivity index (χ0) is 22.0. The first-order valence-electron chi connectivity index (χ1n) is 10.4. The molecule has 0 spiro atoms. The molecule has 3 aromatic rings. The zero-order valence-corrected chi connectivity index (χ0v) is 18.3. The van der Waals surface area contributed by atoms with Crippen molar-refractivity contribution in [3.05, 3.63) is 36.8 Å². The second kappa shape index (κ2) is 8.41. The van der Waals surface area contributed by atoms with Gasteiger partial charge in [0.2, 0.25) is 0 Å². The molecule has 4 heterocycles. The Morgan fingerprint density at radius 2 is 2.06 bits per heavy atom. The summed E-state index contributed by atoms with van der Waals surface area (Å²) in [5.41, 5.74) is 1.84. The number of fused-ring (bicyclic) bond motifs is 1. The predicted octanol–water partition coefficient (Wildman–Crippen LogP) is 3.61. The summed E-state index contributed by atoms with van der Waals surface area (Å²) in [5, 5.41) is 3.42. The maximum Gasteiger partial charge on any atom is 0.410 e. The van der Waals surface area contributed by atoms with Crippen molar-refractivity contribution >= 4 is 17.6 Å². The lowest BCUT2D eigenvalue weighted by molar-refractivity contribution is 0.0206. The van der Waals surface area contributed by atoms with Gasteiger partial charge in [0.1, 0.15) is 16.9 Å². The van der Waals surface area contributed by atoms with Crippen LogP contribution in [0.1, 0.15) is 33.6 Å². The highest BCUT2D eigenvalue weighted by molar-refractivity contribution is 5.68. The molecule has 164 valence electrons. The first-order chi connectivity index (χ1) is 14.8. The summed E-state index contributed by atoms with van der Waals surface area (Å²) in [6, 6.07) is 5.84. The largest absolute Gasteiger partial charge is 0.478 e. The molecule has 1 amide bonds. The fourth-order valence-corrected chi connectivity index (χ4v) is 3.65. The Morgan fingerprint density at radius 3 is 2.84 bits per heavy atom. The molecular weight excluding hydrogens is 396 g/mol. The third-order valence-corrected chi connectivity index (χ3v) is 5.03. The summed E-state index contributed by atoms with van der Waals surface area (Å²) in [6.45, 7) is 6.82. The first kappa shape index (κ1) is 20.9. The minimum Gasteiger partial charge on any atom is -0.478 e. The lowest BCUT2D eigenvalue weighted by atomic mass is 10.1. The highest BCUT2D eigenvalue weighted by atomic mass is 16.6. The SMILES string of the molecule is COc1ncc(-c2cnc3ccccn23)nc1N[C@@H]1CCCN(C(=O)OC(C)(C)C)C1. The average Bonchev–Trinajstić information content (AvgIpc) is 3.17.